The maximum absolute atomic E-state index is 11.2. The summed E-state index contributed by atoms with van der Waals surface area (Å²) in [5.41, 5.74) is 1.01. The molecule has 3 heterocycles. The highest BCUT2D eigenvalue weighted by Gasteiger charge is 2.30. The van der Waals surface area contributed by atoms with Crippen molar-refractivity contribution in [2.75, 3.05) is 0 Å². The third-order valence-electron chi connectivity index (χ3n) is 3.19. The molecule has 0 radical (unpaired) electrons. The molecular weight excluding hydrogens is 260 g/mol. The molecule has 20 heavy (non-hydrogen) atoms. The summed E-state index contributed by atoms with van der Waals surface area (Å²) in [5.74, 6) is 0.391. The molecule has 0 aliphatic carbocycles. The van der Waals surface area contributed by atoms with Gasteiger partial charge in [0.25, 0.3) is 0 Å². The zero-order valence-electron chi connectivity index (χ0n) is 10.7. The number of pyridine rings is 1. The van der Waals surface area contributed by atoms with Crippen LogP contribution in [-0.4, -0.2) is 31.6 Å². The molecule has 1 unspecified atom stereocenters. The Kier molecular flexibility index (Phi) is 2.90. The summed E-state index contributed by atoms with van der Waals surface area (Å²) >= 11 is 0. The van der Waals surface area contributed by atoms with Crippen LogP contribution in [0.15, 0.2) is 35.8 Å². The molecule has 0 N–H and O–H groups in total. The average Bonchev–Trinajstić information content (AvgIpc) is 2.90. The molecule has 0 saturated carbocycles. The van der Waals surface area contributed by atoms with Crippen LogP contribution in [0.3, 0.4) is 0 Å². The first-order valence-electron chi connectivity index (χ1n) is 6.04. The third-order valence-corrected chi connectivity index (χ3v) is 3.19. The lowest BCUT2D eigenvalue weighted by molar-refractivity contribution is -0.671. The average molecular weight is 272 g/mol. The van der Waals surface area contributed by atoms with Gasteiger partial charge >= 0.3 is 0 Å². The summed E-state index contributed by atoms with van der Waals surface area (Å²) in [6, 6.07) is 3.37. The van der Waals surface area contributed by atoms with Crippen LogP contribution in [0.25, 0.3) is 0 Å². The van der Waals surface area contributed by atoms with Crippen LogP contribution >= 0.6 is 0 Å². The number of aryl methyl sites for hydroxylation is 1. The summed E-state index contributed by atoms with van der Waals surface area (Å²) in [5, 5.41) is 26.4. The van der Waals surface area contributed by atoms with E-state index in [9.17, 15) is 10.4 Å². The molecule has 2 aromatic rings. The second-order valence-corrected chi connectivity index (χ2v) is 4.54. The van der Waals surface area contributed by atoms with Gasteiger partial charge < -0.3 is 10.4 Å². The van der Waals surface area contributed by atoms with Crippen molar-refractivity contribution in [3.05, 3.63) is 46.8 Å². The molecule has 102 valence electrons. The van der Waals surface area contributed by atoms with Gasteiger partial charge in [0, 0.05) is 18.6 Å². The first-order valence-corrected chi connectivity index (χ1v) is 6.04. The number of aliphatic imine (C=N–C) groups is 1. The van der Waals surface area contributed by atoms with Gasteiger partial charge in [0.2, 0.25) is 11.7 Å². The fourth-order valence-corrected chi connectivity index (χ4v) is 2.14. The van der Waals surface area contributed by atoms with Crippen LogP contribution < -0.4 is 4.57 Å². The SMILES string of the molecule is C[n+]1ccc(CC2C(=[N+]([O-])[O-])C=Nc3ncnn32)cc1. The molecule has 0 spiro atoms. The van der Waals surface area contributed by atoms with E-state index in [1.54, 1.807) is 0 Å². The van der Waals surface area contributed by atoms with Crippen molar-refractivity contribution in [2.45, 2.75) is 12.5 Å². The van der Waals surface area contributed by atoms with Crippen molar-refractivity contribution in [3.8, 4) is 0 Å². The zero-order valence-corrected chi connectivity index (χ0v) is 10.7. The van der Waals surface area contributed by atoms with Crippen molar-refractivity contribution < 1.29 is 9.47 Å². The molecule has 3 rings (SSSR count). The minimum atomic E-state index is -0.493. The van der Waals surface area contributed by atoms with Gasteiger partial charge in [-0.2, -0.15) is 15.0 Å². The molecule has 0 fully saturated rings. The molecule has 2 aromatic heterocycles. The Balaban J connectivity index is 1.98. The topological polar surface area (TPSA) is 96.1 Å². The number of aromatic nitrogens is 4. The van der Waals surface area contributed by atoms with E-state index in [-0.39, 0.29) is 5.71 Å². The Morgan fingerprint density at radius 3 is 2.80 bits per heavy atom. The zero-order chi connectivity index (χ0) is 14.1. The third kappa shape index (κ3) is 2.11. The van der Waals surface area contributed by atoms with Gasteiger partial charge in [0.05, 0.1) is 0 Å². The molecule has 0 bridgehead atoms. The van der Waals surface area contributed by atoms with Crippen molar-refractivity contribution >= 4 is 17.9 Å². The number of hydrogen-bond acceptors (Lipinski definition) is 5. The van der Waals surface area contributed by atoms with Gasteiger partial charge in [0.15, 0.2) is 12.4 Å². The van der Waals surface area contributed by atoms with Gasteiger partial charge in [-0.1, -0.05) is 0 Å². The van der Waals surface area contributed by atoms with Crippen LogP contribution in [-0.2, 0) is 13.5 Å². The summed E-state index contributed by atoms with van der Waals surface area (Å²) < 4.78 is 3.40. The van der Waals surface area contributed by atoms with E-state index < -0.39 is 10.9 Å². The highest BCUT2D eigenvalue weighted by Crippen LogP contribution is 2.23. The molecule has 1 atom stereocenters. The van der Waals surface area contributed by atoms with Gasteiger partial charge in [-0.15, -0.1) is 0 Å². The van der Waals surface area contributed by atoms with Crippen LogP contribution in [0.1, 0.15) is 11.6 Å². The lowest BCUT2D eigenvalue weighted by Crippen LogP contribution is -2.32. The van der Waals surface area contributed by atoms with Crippen LogP contribution in [0.5, 0.6) is 0 Å². The summed E-state index contributed by atoms with van der Waals surface area (Å²) in [6.07, 6.45) is 6.89. The lowest BCUT2D eigenvalue weighted by atomic mass is 10.0. The molecule has 8 nitrogen and oxygen atoms in total. The Morgan fingerprint density at radius 1 is 1.35 bits per heavy atom. The standard InChI is InChI=1S/C12H12N6O2/c1-16-4-2-9(3-5-16)6-10-11(18(19)20)7-13-12-14-8-15-17(10)12/h2-5,7-8,10H,6H2,1H3. The largest absolute Gasteiger partial charge is 0.612 e. The predicted molar refractivity (Wildman–Crippen MR) is 70.5 cm³/mol. The number of hydrogen-bond donors (Lipinski definition) is 0. The van der Waals surface area contributed by atoms with E-state index in [2.05, 4.69) is 15.1 Å². The number of fused-ring (bicyclic) bond motifs is 1. The molecule has 8 heteroatoms. The molecular formula is C12H12N6O2. The molecule has 0 amide bonds. The fraction of sp³-hybridized carbons (Fsp3) is 0.250. The van der Waals surface area contributed by atoms with E-state index in [0.29, 0.717) is 12.4 Å². The smallest absolute Gasteiger partial charge is 0.248 e. The van der Waals surface area contributed by atoms with E-state index in [1.807, 2.05) is 36.1 Å². The van der Waals surface area contributed by atoms with Gasteiger partial charge in [-0.05, 0) is 5.56 Å². The minimum Gasteiger partial charge on any atom is -0.612 e. The molecule has 1 aliphatic heterocycles. The van der Waals surface area contributed by atoms with Crippen molar-refractivity contribution in [1.29, 1.82) is 0 Å². The van der Waals surface area contributed by atoms with Crippen LogP contribution in [0.2, 0.25) is 0 Å². The summed E-state index contributed by atoms with van der Waals surface area (Å²) in [4.78, 5) is 7.50. The Morgan fingerprint density at radius 2 is 2.10 bits per heavy atom. The molecule has 1 aliphatic rings. The van der Waals surface area contributed by atoms with Gasteiger partial charge in [-0.3, -0.25) is 0 Å². The highest BCUT2D eigenvalue weighted by atomic mass is 16.8. The van der Waals surface area contributed by atoms with Gasteiger partial charge in [0.1, 0.15) is 25.6 Å². The Labute approximate surface area is 114 Å². The highest BCUT2D eigenvalue weighted by molar-refractivity contribution is 6.31. The summed E-state index contributed by atoms with van der Waals surface area (Å²) in [7, 11) is 1.92. The predicted octanol–water partition coefficient (Wildman–Crippen LogP) is 0.0514. The number of rotatable bonds is 2. The lowest BCUT2D eigenvalue weighted by Gasteiger charge is -2.21. The maximum atomic E-state index is 11.2. The first-order chi connectivity index (χ1) is 9.65. The maximum Gasteiger partial charge on any atom is 0.248 e. The van der Waals surface area contributed by atoms with Crippen molar-refractivity contribution in [1.82, 2.24) is 14.8 Å². The van der Waals surface area contributed by atoms with Crippen LogP contribution in [0, 0.1) is 10.4 Å². The van der Waals surface area contributed by atoms with Crippen molar-refractivity contribution in [3.63, 3.8) is 0 Å². The van der Waals surface area contributed by atoms with E-state index >= 15 is 0 Å². The van der Waals surface area contributed by atoms with Gasteiger partial charge in [-0.25, -0.2) is 14.2 Å². The minimum absolute atomic E-state index is 0.0243. The quantitative estimate of drug-likeness (QED) is 0.438. The van der Waals surface area contributed by atoms with Crippen molar-refractivity contribution in [2.24, 2.45) is 12.0 Å². The Bertz CT molecular complexity index is 684. The summed E-state index contributed by atoms with van der Waals surface area (Å²) in [6.45, 7) is 0. The van der Waals surface area contributed by atoms with E-state index in [4.69, 9.17) is 0 Å². The number of nitrogens with zero attached hydrogens (tertiary/aromatic N) is 6. The van der Waals surface area contributed by atoms with E-state index in [0.717, 1.165) is 5.56 Å². The van der Waals surface area contributed by atoms with E-state index in [1.165, 1.54) is 17.2 Å². The second kappa shape index (κ2) is 4.72. The molecule has 0 aromatic carbocycles. The normalized spacial score (nSPS) is 17.1. The second-order valence-electron chi connectivity index (χ2n) is 4.54. The first kappa shape index (κ1) is 12.3. The fourth-order valence-electron chi connectivity index (χ4n) is 2.14. The molecule has 0 saturated heterocycles. The van der Waals surface area contributed by atoms with Crippen LogP contribution in [0.4, 0.5) is 5.95 Å². The monoisotopic (exact) mass is 272 g/mol. The Hall–Kier alpha value is -2.77.